The van der Waals surface area contributed by atoms with Crippen LogP contribution in [0, 0.1) is 20.9 Å². The third kappa shape index (κ3) is 10.7. The van der Waals surface area contributed by atoms with Crippen molar-refractivity contribution in [1.29, 1.82) is 0 Å². The van der Waals surface area contributed by atoms with E-state index in [9.17, 15) is 0 Å². The van der Waals surface area contributed by atoms with Crippen LogP contribution in [0.15, 0.2) is 60.7 Å². The van der Waals surface area contributed by atoms with E-state index in [1.165, 1.54) is 10.8 Å². The van der Waals surface area contributed by atoms with E-state index in [1.807, 2.05) is 12.2 Å². The van der Waals surface area contributed by atoms with Crippen molar-refractivity contribution in [2.24, 2.45) is 0 Å². The van der Waals surface area contributed by atoms with Gasteiger partial charge in [-0.25, -0.2) is 12.2 Å². The summed E-state index contributed by atoms with van der Waals surface area (Å²) in [5.41, 5.74) is 0. The summed E-state index contributed by atoms with van der Waals surface area (Å²) in [6, 6.07) is 14.7. The van der Waals surface area contributed by atoms with Gasteiger partial charge in [-0.15, -0.1) is 60.9 Å². The van der Waals surface area contributed by atoms with Gasteiger partial charge < -0.3 is 14.9 Å². The van der Waals surface area contributed by atoms with E-state index in [0.29, 0.717) is 0 Å². The molecule has 0 nitrogen and oxygen atoms in total. The minimum absolute atomic E-state index is 0. The van der Waals surface area contributed by atoms with E-state index in [4.69, 9.17) is 0 Å². The van der Waals surface area contributed by atoms with Crippen LogP contribution in [0.2, 0.25) is 0 Å². The summed E-state index contributed by atoms with van der Waals surface area (Å²) in [6.45, 7) is 0. The second-order valence-corrected chi connectivity index (χ2v) is 3.16. The molecule has 0 unspecified atom stereocenters. The van der Waals surface area contributed by atoms with Crippen LogP contribution in [-0.4, -0.2) is 11.0 Å². The Kier molecular flexibility index (Phi) is 30.5. The maximum atomic E-state index is 2.99. The molecule has 0 bridgehead atoms. The van der Waals surface area contributed by atoms with Gasteiger partial charge in [-0.2, -0.15) is 23.6 Å². The van der Waals surface area contributed by atoms with Gasteiger partial charge in [-0.1, -0.05) is 6.07 Å². The fourth-order valence-electron chi connectivity index (χ4n) is 1.41. The Morgan fingerprint density at radius 3 is 2.10 bits per heavy atom. The van der Waals surface area contributed by atoms with Gasteiger partial charge in [-0.05, 0) is 0 Å². The zero-order valence-corrected chi connectivity index (χ0v) is 16.9. The van der Waals surface area contributed by atoms with E-state index in [-0.39, 0.29) is 76.8 Å². The maximum absolute atomic E-state index is 2.99. The van der Waals surface area contributed by atoms with Crippen molar-refractivity contribution in [3.8, 4) is 0 Å². The molecule has 2 aromatic carbocycles. The summed E-state index contributed by atoms with van der Waals surface area (Å²) in [5, 5.41) is 2.66. The van der Waals surface area contributed by atoms with Crippen molar-refractivity contribution < 1.29 is 26.2 Å². The van der Waals surface area contributed by atoms with Crippen LogP contribution in [0.3, 0.4) is 0 Å². The van der Waals surface area contributed by atoms with E-state index in [0.717, 1.165) is 6.42 Å². The van der Waals surface area contributed by atoms with Gasteiger partial charge in [-0.3, -0.25) is 6.08 Å². The van der Waals surface area contributed by atoms with Gasteiger partial charge in [0.05, 0.1) is 0 Å². The SMILES string of the molecule is Cl.Cl.[C-]1=CC=CC1.[CH3-].[CH3-].[Si].[Zr+4].c1ccc2[cH-]ccc2c1. The van der Waals surface area contributed by atoms with Gasteiger partial charge in [0.2, 0.25) is 0 Å². The molecular formula is C16H20Cl2SiZr. The van der Waals surface area contributed by atoms with Crippen LogP contribution in [0.25, 0.3) is 10.8 Å². The van der Waals surface area contributed by atoms with Gasteiger partial charge in [0.25, 0.3) is 0 Å². The molecule has 0 aromatic heterocycles. The van der Waals surface area contributed by atoms with Crippen molar-refractivity contribution in [1.82, 2.24) is 0 Å². The Hall–Kier alpha value is -0.0100. The van der Waals surface area contributed by atoms with Crippen molar-refractivity contribution in [3.63, 3.8) is 0 Å². The van der Waals surface area contributed by atoms with Gasteiger partial charge in [0.1, 0.15) is 0 Å². The van der Waals surface area contributed by atoms with Crippen LogP contribution in [-0.2, 0) is 26.2 Å². The zero-order valence-electron chi connectivity index (χ0n) is 11.8. The standard InChI is InChI=1S/C9H7.C5H5.2CH3.2ClH.Si.Zr/c1-2-5-9-7-3-6-8(9)4-1;1-2-4-5-3-1;;;;;;/h1-7H;1-3H,4H2;2*1H3;2*1H;;/q4*-1;;;;+4. The first-order valence-corrected chi connectivity index (χ1v) is 4.79. The maximum Gasteiger partial charge on any atom is 4.00 e. The number of hydrogen-bond donors (Lipinski definition) is 0. The smallest absolute Gasteiger partial charge is 0.358 e. The van der Waals surface area contributed by atoms with Gasteiger partial charge >= 0.3 is 26.2 Å². The molecule has 106 valence electrons. The molecule has 0 saturated heterocycles. The second-order valence-electron chi connectivity index (χ2n) is 3.16. The van der Waals surface area contributed by atoms with E-state index < -0.39 is 0 Å². The van der Waals surface area contributed by atoms with Crippen LogP contribution in [0.4, 0.5) is 0 Å². The number of halogens is 2. The van der Waals surface area contributed by atoms with Crippen LogP contribution in [0.1, 0.15) is 6.42 Å². The zero-order chi connectivity index (χ0) is 9.64. The molecule has 4 heteroatoms. The molecule has 0 heterocycles. The van der Waals surface area contributed by atoms with Crippen LogP contribution < -0.4 is 0 Å². The second kappa shape index (κ2) is 19.0. The van der Waals surface area contributed by atoms with Crippen LogP contribution in [0.5, 0.6) is 0 Å². The molecule has 0 aliphatic heterocycles. The molecule has 4 radical (unpaired) electrons. The summed E-state index contributed by atoms with van der Waals surface area (Å²) in [7, 11) is 0. The quantitative estimate of drug-likeness (QED) is 0.418. The Morgan fingerprint density at radius 1 is 1.00 bits per heavy atom. The topological polar surface area (TPSA) is 0 Å². The molecule has 0 fully saturated rings. The van der Waals surface area contributed by atoms with Crippen LogP contribution >= 0.6 is 24.8 Å². The molecule has 0 spiro atoms. The predicted octanol–water partition coefficient (Wildman–Crippen LogP) is 5.23. The first-order chi connectivity index (χ1) is 6.97. The molecular weight excluding hydrogens is 382 g/mol. The summed E-state index contributed by atoms with van der Waals surface area (Å²) in [5.74, 6) is 0. The van der Waals surface area contributed by atoms with Crippen molar-refractivity contribution in [2.75, 3.05) is 0 Å². The Labute approximate surface area is 160 Å². The summed E-state index contributed by atoms with van der Waals surface area (Å²) in [4.78, 5) is 0. The third-order valence-electron chi connectivity index (χ3n) is 2.13. The molecule has 1 aliphatic carbocycles. The summed E-state index contributed by atoms with van der Waals surface area (Å²) < 4.78 is 0. The number of benzene rings is 1. The first kappa shape index (κ1) is 32.1. The van der Waals surface area contributed by atoms with E-state index >= 15 is 0 Å². The van der Waals surface area contributed by atoms with E-state index in [2.05, 4.69) is 54.6 Å². The minimum Gasteiger partial charge on any atom is -0.358 e. The van der Waals surface area contributed by atoms with Crippen molar-refractivity contribution in [2.45, 2.75) is 6.42 Å². The normalized spacial score (nSPS) is 9.00. The predicted molar refractivity (Wildman–Crippen MR) is 94.2 cm³/mol. The molecule has 2 aromatic rings. The fourth-order valence-corrected chi connectivity index (χ4v) is 1.41. The van der Waals surface area contributed by atoms with E-state index in [1.54, 1.807) is 0 Å². The van der Waals surface area contributed by atoms with Gasteiger partial charge in [0, 0.05) is 11.0 Å². The Morgan fingerprint density at radius 2 is 1.65 bits per heavy atom. The molecule has 0 amide bonds. The molecule has 0 atom stereocenters. The van der Waals surface area contributed by atoms with Gasteiger partial charge in [0.15, 0.2) is 0 Å². The molecule has 20 heavy (non-hydrogen) atoms. The number of rotatable bonds is 0. The summed E-state index contributed by atoms with van der Waals surface area (Å²) >= 11 is 0. The number of allylic oxidation sites excluding steroid dienone is 4. The molecule has 0 N–H and O–H groups in total. The number of fused-ring (bicyclic) bond motifs is 1. The Balaban J connectivity index is -0.0000000621. The molecule has 1 aliphatic rings. The molecule has 3 rings (SSSR count). The monoisotopic (exact) mass is 400 g/mol. The average Bonchev–Trinajstić information content (AvgIpc) is 2.92. The Bertz CT molecular complexity index is 424. The molecule has 0 saturated carbocycles. The summed E-state index contributed by atoms with van der Waals surface area (Å²) in [6.07, 6.45) is 10.0. The first-order valence-electron chi connectivity index (χ1n) is 4.79. The fraction of sp³-hybridized carbons (Fsp3) is 0.0625. The third-order valence-corrected chi connectivity index (χ3v) is 2.13. The van der Waals surface area contributed by atoms with Crippen molar-refractivity contribution >= 4 is 46.6 Å². The van der Waals surface area contributed by atoms with Crippen molar-refractivity contribution in [3.05, 3.63) is 81.6 Å². The minimum atomic E-state index is 0. The average molecular weight is 403 g/mol. The number of hydrogen-bond acceptors (Lipinski definition) is 0. The largest absolute Gasteiger partial charge is 4.00 e.